The Morgan fingerprint density at radius 3 is 2.50 bits per heavy atom. The maximum Gasteiger partial charge on any atom is 0.573 e. The van der Waals surface area contributed by atoms with Gasteiger partial charge < -0.3 is 10.5 Å². The third-order valence-corrected chi connectivity index (χ3v) is 1.91. The minimum absolute atomic E-state index is 0.00185. The second-order valence-electron chi connectivity index (χ2n) is 3.28. The molecule has 0 spiro atoms. The van der Waals surface area contributed by atoms with Gasteiger partial charge in [-0.05, 0) is 30.2 Å². The first-order valence-corrected chi connectivity index (χ1v) is 4.41. The van der Waals surface area contributed by atoms with Crippen LogP contribution in [0.5, 0.6) is 5.75 Å². The normalized spacial score (nSPS) is 11.2. The number of aryl methyl sites for hydroxylation is 1. The van der Waals surface area contributed by atoms with Gasteiger partial charge in [-0.15, -0.1) is 13.2 Å². The first kappa shape index (κ1) is 12.4. The van der Waals surface area contributed by atoms with Crippen LogP contribution in [-0.4, -0.2) is 12.3 Å². The van der Waals surface area contributed by atoms with Gasteiger partial charge in [-0.3, -0.25) is 4.79 Å². The molecule has 0 saturated heterocycles. The van der Waals surface area contributed by atoms with Gasteiger partial charge in [0.2, 0.25) is 5.91 Å². The molecule has 1 aromatic rings. The molecule has 0 radical (unpaired) electrons. The van der Waals surface area contributed by atoms with Crippen LogP contribution in [0.3, 0.4) is 0 Å². The third kappa shape index (κ3) is 3.80. The molecule has 88 valence electrons. The first-order valence-electron chi connectivity index (χ1n) is 4.41. The van der Waals surface area contributed by atoms with E-state index in [0.29, 0.717) is 11.1 Å². The number of primary amides is 1. The summed E-state index contributed by atoms with van der Waals surface area (Å²) in [5.74, 6) is -0.842. The van der Waals surface area contributed by atoms with Gasteiger partial charge in [0.15, 0.2) is 0 Å². The molecule has 0 aliphatic rings. The van der Waals surface area contributed by atoms with Crippen LogP contribution in [-0.2, 0) is 11.2 Å². The van der Waals surface area contributed by atoms with Gasteiger partial charge in [0.1, 0.15) is 5.75 Å². The van der Waals surface area contributed by atoms with Crippen LogP contribution in [0.2, 0.25) is 0 Å². The Labute approximate surface area is 90.0 Å². The van der Waals surface area contributed by atoms with Crippen LogP contribution in [0.15, 0.2) is 18.2 Å². The van der Waals surface area contributed by atoms with E-state index in [1.165, 1.54) is 12.1 Å². The molecule has 0 bridgehead atoms. The molecule has 2 N–H and O–H groups in total. The highest BCUT2D eigenvalue weighted by molar-refractivity contribution is 5.77. The predicted molar refractivity (Wildman–Crippen MR) is 50.8 cm³/mol. The van der Waals surface area contributed by atoms with E-state index >= 15 is 0 Å². The van der Waals surface area contributed by atoms with Crippen molar-refractivity contribution in [2.24, 2.45) is 5.73 Å². The van der Waals surface area contributed by atoms with Crippen LogP contribution in [0.1, 0.15) is 11.1 Å². The van der Waals surface area contributed by atoms with Crippen LogP contribution < -0.4 is 10.5 Å². The van der Waals surface area contributed by atoms with Crippen molar-refractivity contribution in [3.05, 3.63) is 29.3 Å². The number of carbonyl (C=O) groups is 1. The van der Waals surface area contributed by atoms with Crippen LogP contribution in [0.25, 0.3) is 0 Å². The molecule has 0 atom stereocenters. The second kappa shape index (κ2) is 4.42. The Hall–Kier alpha value is -1.72. The fraction of sp³-hybridized carbons (Fsp3) is 0.300. The average Bonchev–Trinajstić information content (AvgIpc) is 2.06. The van der Waals surface area contributed by atoms with E-state index in [4.69, 9.17) is 5.73 Å². The molecule has 0 unspecified atom stereocenters. The molecule has 6 heteroatoms. The summed E-state index contributed by atoms with van der Waals surface area (Å²) in [6, 6.07) is 3.76. The number of ether oxygens (including phenoxy) is 1. The van der Waals surface area contributed by atoms with E-state index in [1.54, 1.807) is 6.92 Å². The van der Waals surface area contributed by atoms with Gasteiger partial charge in [-0.25, -0.2) is 0 Å². The van der Waals surface area contributed by atoms with Crippen molar-refractivity contribution >= 4 is 5.91 Å². The minimum atomic E-state index is -4.71. The number of halogens is 3. The number of benzene rings is 1. The molecule has 0 heterocycles. The highest BCUT2D eigenvalue weighted by Gasteiger charge is 2.31. The van der Waals surface area contributed by atoms with Gasteiger partial charge in [0.05, 0.1) is 6.42 Å². The lowest BCUT2D eigenvalue weighted by Crippen LogP contribution is -2.17. The zero-order valence-electron chi connectivity index (χ0n) is 8.47. The van der Waals surface area contributed by atoms with Gasteiger partial charge in [-0.2, -0.15) is 0 Å². The fourth-order valence-electron chi connectivity index (χ4n) is 1.25. The monoisotopic (exact) mass is 233 g/mol. The Kier molecular flexibility index (Phi) is 3.41. The maximum atomic E-state index is 11.9. The largest absolute Gasteiger partial charge is 0.573 e. The van der Waals surface area contributed by atoms with Gasteiger partial charge in [0.25, 0.3) is 0 Å². The van der Waals surface area contributed by atoms with Crippen molar-refractivity contribution in [3.8, 4) is 5.75 Å². The molecule has 1 amide bonds. The van der Waals surface area contributed by atoms with E-state index in [1.807, 2.05) is 0 Å². The SMILES string of the molecule is Cc1cc(OC(F)(F)F)ccc1CC(N)=O. The molecule has 0 fully saturated rings. The number of nitrogens with two attached hydrogens (primary N) is 1. The molecule has 0 aromatic heterocycles. The lowest BCUT2D eigenvalue weighted by molar-refractivity contribution is -0.274. The zero-order chi connectivity index (χ0) is 12.3. The Morgan fingerprint density at radius 2 is 2.06 bits per heavy atom. The van der Waals surface area contributed by atoms with Gasteiger partial charge in [-0.1, -0.05) is 6.07 Å². The number of amides is 1. The van der Waals surface area contributed by atoms with Crippen molar-refractivity contribution in [2.75, 3.05) is 0 Å². The summed E-state index contributed by atoms with van der Waals surface area (Å²) in [4.78, 5) is 10.6. The Morgan fingerprint density at radius 1 is 1.44 bits per heavy atom. The van der Waals surface area contributed by atoms with Crippen molar-refractivity contribution in [1.82, 2.24) is 0 Å². The standard InChI is InChI=1S/C10H10F3NO2/c1-6-4-8(16-10(11,12)13)3-2-7(6)5-9(14)15/h2-4H,5H2,1H3,(H2,14,15). The summed E-state index contributed by atoms with van der Waals surface area (Å²) in [5.41, 5.74) is 6.10. The molecule has 1 aromatic carbocycles. The Balaban J connectivity index is 2.87. The quantitative estimate of drug-likeness (QED) is 0.867. The number of hydrogen-bond acceptors (Lipinski definition) is 2. The highest BCUT2D eigenvalue weighted by Crippen LogP contribution is 2.24. The number of hydrogen-bond donors (Lipinski definition) is 1. The number of alkyl halides is 3. The number of rotatable bonds is 3. The molecular weight excluding hydrogens is 223 g/mol. The van der Waals surface area contributed by atoms with Gasteiger partial charge >= 0.3 is 6.36 Å². The Bertz CT molecular complexity index is 402. The molecule has 3 nitrogen and oxygen atoms in total. The number of carbonyl (C=O) groups excluding carboxylic acids is 1. The van der Waals surface area contributed by atoms with Crippen molar-refractivity contribution in [2.45, 2.75) is 19.7 Å². The lowest BCUT2D eigenvalue weighted by atomic mass is 10.1. The summed E-state index contributed by atoms with van der Waals surface area (Å²) < 4.78 is 39.4. The van der Waals surface area contributed by atoms with Crippen molar-refractivity contribution in [3.63, 3.8) is 0 Å². The molecule has 0 aliphatic carbocycles. The van der Waals surface area contributed by atoms with E-state index < -0.39 is 12.3 Å². The van der Waals surface area contributed by atoms with Crippen LogP contribution >= 0.6 is 0 Å². The van der Waals surface area contributed by atoms with Crippen molar-refractivity contribution < 1.29 is 22.7 Å². The van der Waals surface area contributed by atoms with E-state index in [-0.39, 0.29) is 12.2 Å². The fourth-order valence-corrected chi connectivity index (χ4v) is 1.25. The second-order valence-corrected chi connectivity index (χ2v) is 3.28. The summed E-state index contributed by atoms with van der Waals surface area (Å²) >= 11 is 0. The highest BCUT2D eigenvalue weighted by atomic mass is 19.4. The third-order valence-electron chi connectivity index (χ3n) is 1.91. The summed E-state index contributed by atoms with van der Waals surface area (Å²) in [6.07, 6.45) is -4.71. The maximum absolute atomic E-state index is 11.9. The molecule has 0 aliphatic heterocycles. The smallest absolute Gasteiger partial charge is 0.406 e. The summed E-state index contributed by atoms with van der Waals surface area (Å²) in [6.45, 7) is 1.58. The van der Waals surface area contributed by atoms with E-state index in [9.17, 15) is 18.0 Å². The van der Waals surface area contributed by atoms with E-state index in [2.05, 4.69) is 4.74 Å². The summed E-state index contributed by atoms with van der Waals surface area (Å²) in [7, 11) is 0. The van der Waals surface area contributed by atoms with E-state index in [0.717, 1.165) is 6.07 Å². The zero-order valence-corrected chi connectivity index (χ0v) is 8.47. The van der Waals surface area contributed by atoms with Gasteiger partial charge in [0, 0.05) is 0 Å². The molecule has 0 saturated carbocycles. The molecule has 1 rings (SSSR count). The first-order chi connectivity index (χ1) is 7.28. The molecule has 16 heavy (non-hydrogen) atoms. The average molecular weight is 233 g/mol. The van der Waals surface area contributed by atoms with Crippen LogP contribution in [0.4, 0.5) is 13.2 Å². The minimum Gasteiger partial charge on any atom is -0.406 e. The molecular formula is C10H10F3NO2. The van der Waals surface area contributed by atoms with Crippen LogP contribution in [0, 0.1) is 6.92 Å². The lowest BCUT2D eigenvalue weighted by Gasteiger charge is -2.10. The summed E-state index contributed by atoms with van der Waals surface area (Å²) in [5, 5.41) is 0. The van der Waals surface area contributed by atoms with Crippen molar-refractivity contribution in [1.29, 1.82) is 0 Å². The topological polar surface area (TPSA) is 52.3 Å². The predicted octanol–water partition coefficient (Wildman–Crippen LogP) is 1.92.